The molecule has 5 heteroatoms. The summed E-state index contributed by atoms with van der Waals surface area (Å²) in [4.78, 5) is 8.18. The van der Waals surface area contributed by atoms with Crippen molar-refractivity contribution < 1.29 is 0 Å². The molecule has 2 rings (SSSR count). The highest BCUT2D eigenvalue weighted by Gasteiger charge is 2.12. The van der Waals surface area contributed by atoms with Gasteiger partial charge in [-0.1, -0.05) is 6.07 Å². The second kappa shape index (κ2) is 4.13. The van der Waals surface area contributed by atoms with Gasteiger partial charge in [0.25, 0.3) is 0 Å². The Morgan fingerprint density at radius 3 is 2.94 bits per heavy atom. The maximum absolute atomic E-state index is 8.91. The van der Waals surface area contributed by atoms with Gasteiger partial charge in [-0.2, -0.15) is 5.26 Å². The van der Waals surface area contributed by atoms with Crippen LogP contribution in [0.4, 0.5) is 0 Å². The van der Waals surface area contributed by atoms with E-state index in [-0.39, 0.29) is 6.04 Å². The molecule has 16 heavy (non-hydrogen) atoms. The fourth-order valence-corrected chi connectivity index (χ4v) is 1.52. The molecule has 80 valence electrons. The number of aromatic nitrogens is 3. The van der Waals surface area contributed by atoms with Crippen LogP contribution in [0.2, 0.25) is 0 Å². The summed E-state index contributed by atoms with van der Waals surface area (Å²) in [6.45, 7) is 1.88. The van der Waals surface area contributed by atoms with Gasteiger partial charge < -0.3 is 5.73 Å². The fraction of sp³-hybridized carbons (Fsp3) is 0.182. The molecule has 1 atom stereocenters. The third-order valence-corrected chi connectivity index (χ3v) is 2.28. The van der Waals surface area contributed by atoms with Gasteiger partial charge >= 0.3 is 0 Å². The van der Waals surface area contributed by atoms with Crippen LogP contribution in [0.1, 0.15) is 24.4 Å². The van der Waals surface area contributed by atoms with Crippen molar-refractivity contribution in [3.63, 3.8) is 0 Å². The molecule has 2 N–H and O–H groups in total. The SMILES string of the molecule is C[C@@H](N)c1cccnc1-n1ccnc1C#N. The van der Waals surface area contributed by atoms with Crippen LogP contribution in [0.3, 0.4) is 0 Å². The van der Waals surface area contributed by atoms with Crippen LogP contribution < -0.4 is 5.73 Å². The van der Waals surface area contributed by atoms with E-state index in [0.29, 0.717) is 11.6 Å². The monoisotopic (exact) mass is 213 g/mol. The van der Waals surface area contributed by atoms with Crippen molar-refractivity contribution in [3.05, 3.63) is 42.1 Å². The molecule has 0 saturated carbocycles. The van der Waals surface area contributed by atoms with E-state index in [9.17, 15) is 0 Å². The van der Waals surface area contributed by atoms with E-state index in [2.05, 4.69) is 9.97 Å². The van der Waals surface area contributed by atoms with Crippen LogP contribution in [-0.4, -0.2) is 14.5 Å². The Balaban J connectivity index is 2.61. The number of nitrogens with zero attached hydrogens (tertiary/aromatic N) is 4. The van der Waals surface area contributed by atoms with E-state index in [0.717, 1.165) is 5.56 Å². The maximum Gasteiger partial charge on any atom is 0.218 e. The van der Waals surface area contributed by atoms with Gasteiger partial charge in [0.15, 0.2) is 0 Å². The van der Waals surface area contributed by atoms with E-state index in [1.54, 1.807) is 23.2 Å². The summed E-state index contributed by atoms with van der Waals surface area (Å²) in [6.07, 6.45) is 4.94. The Bertz CT molecular complexity index is 535. The first-order chi connectivity index (χ1) is 7.74. The van der Waals surface area contributed by atoms with Crippen LogP contribution in [0.15, 0.2) is 30.7 Å². The Hall–Kier alpha value is -2.19. The average Bonchev–Trinajstić information content (AvgIpc) is 2.76. The molecule has 2 heterocycles. The first kappa shape index (κ1) is 10.3. The predicted molar refractivity (Wildman–Crippen MR) is 58.7 cm³/mol. The highest BCUT2D eigenvalue weighted by Crippen LogP contribution is 2.18. The number of hydrogen-bond acceptors (Lipinski definition) is 4. The van der Waals surface area contributed by atoms with Crippen molar-refractivity contribution in [1.82, 2.24) is 14.5 Å². The molecule has 0 unspecified atom stereocenters. The first-order valence-electron chi connectivity index (χ1n) is 4.88. The normalized spacial score (nSPS) is 12.1. The molecule has 2 aromatic rings. The number of pyridine rings is 1. The molecule has 0 amide bonds. The van der Waals surface area contributed by atoms with E-state index >= 15 is 0 Å². The average molecular weight is 213 g/mol. The van der Waals surface area contributed by atoms with Gasteiger partial charge in [-0.15, -0.1) is 0 Å². The van der Waals surface area contributed by atoms with Crippen molar-refractivity contribution in [1.29, 1.82) is 5.26 Å². The summed E-state index contributed by atoms with van der Waals surface area (Å²) in [5, 5.41) is 8.91. The highest BCUT2D eigenvalue weighted by molar-refractivity contribution is 5.38. The van der Waals surface area contributed by atoms with E-state index < -0.39 is 0 Å². The lowest BCUT2D eigenvalue weighted by atomic mass is 10.1. The van der Waals surface area contributed by atoms with Crippen LogP contribution in [-0.2, 0) is 0 Å². The van der Waals surface area contributed by atoms with Crippen molar-refractivity contribution in [3.8, 4) is 11.9 Å². The Kier molecular flexibility index (Phi) is 2.66. The maximum atomic E-state index is 8.91. The third-order valence-electron chi connectivity index (χ3n) is 2.28. The fourth-order valence-electron chi connectivity index (χ4n) is 1.52. The molecule has 0 fully saturated rings. The minimum absolute atomic E-state index is 0.141. The van der Waals surface area contributed by atoms with E-state index in [1.165, 1.54) is 0 Å². The van der Waals surface area contributed by atoms with Gasteiger partial charge in [0.2, 0.25) is 5.82 Å². The van der Waals surface area contributed by atoms with Crippen molar-refractivity contribution in [2.75, 3.05) is 0 Å². The zero-order valence-electron chi connectivity index (χ0n) is 8.83. The minimum atomic E-state index is -0.141. The van der Waals surface area contributed by atoms with Gasteiger partial charge in [-0.3, -0.25) is 4.57 Å². The Labute approximate surface area is 93.2 Å². The van der Waals surface area contributed by atoms with Gasteiger partial charge in [0.05, 0.1) is 0 Å². The summed E-state index contributed by atoms with van der Waals surface area (Å²) in [5.41, 5.74) is 6.74. The molecule has 0 bridgehead atoms. The highest BCUT2D eigenvalue weighted by atomic mass is 15.1. The molecule has 0 aliphatic heterocycles. The number of hydrogen-bond donors (Lipinski definition) is 1. The molecule has 2 aromatic heterocycles. The van der Waals surface area contributed by atoms with Gasteiger partial charge in [0.1, 0.15) is 11.9 Å². The number of nitrogens with two attached hydrogens (primary N) is 1. The summed E-state index contributed by atoms with van der Waals surface area (Å²) < 4.78 is 1.64. The Morgan fingerprint density at radius 1 is 1.44 bits per heavy atom. The van der Waals surface area contributed by atoms with Crippen LogP contribution in [0.25, 0.3) is 5.82 Å². The first-order valence-corrected chi connectivity index (χ1v) is 4.88. The molecule has 5 nitrogen and oxygen atoms in total. The van der Waals surface area contributed by atoms with E-state index in [1.807, 2.05) is 25.1 Å². The van der Waals surface area contributed by atoms with Gasteiger partial charge in [-0.25, -0.2) is 9.97 Å². The standard InChI is InChI=1S/C11H11N5/c1-8(13)9-3-2-4-15-11(9)16-6-5-14-10(16)7-12/h2-6,8H,13H2,1H3/t8-/m1/s1. The molecule has 0 aliphatic rings. The van der Waals surface area contributed by atoms with Crippen LogP contribution in [0.5, 0.6) is 0 Å². The van der Waals surface area contributed by atoms with Crippen molar-refractivity contribution in [2.24, 2.45) is 5.73 Å². The molecule has 0 radical (unpaired) electrons. The largest absolute Gasteiger partial charge is 0.324 e. The third kappa shape index (κ3) is 1.66. The lowest BCUT2D eigenvalue weighted by molar-refractivity contribution is 0.788. The van der Waals surface area contributed by atoms with Crippen LogP contribution in [0, 0.1) is 11.3 Å². The van der Waals surface area contributed by atoms with E-state index in [4.69, 9.17) is 11.0 Å². The lowest BCUT2D eigenvalue weighted by Crippen LogP contribution is -2.11. The van der Waals surface area contributed by atoms with Gasteiger partial charge in [-0.05, 0) is 13.0 Å². The number of nitriles is 1. The summed E-state index contributed by atoms with van der Waals surface area (Å²) in [5.74, 6) is 0.965. The molecule has 0 spiro atoms. The number of rotatable bonds is 2. The molecular formula is C11H11N5. The van der Waals surface area contributed by atoms with Crippen LogP contribution >= 0.6 is 0 Å². The molecular weight excluding hydrogens is 202 g/mol. The summed E-state index contributed by atoms with van der Waals surface area (Å²) >= 11 is 0. The zero-order valence-corrected chi connectivity index (χ0v) is 8.83. The lowest BCUT2D eigenvalue weighted by Gasteiger charge is -2.11. The second-order valence-electron chi connectivity index (χ2n) is 3.44. The molecule has 0 aliphatic carbocycles. The summed E-state index contributed by atoms with van der Waals surface area (Å²) in [7, 11) is 0. The molecule has 0 aromatic carbocycles. The summed E-state index contributed by atoms with van der Waals surface area (Å²) in [6, 6.07) is 5.59. The predicted octanol–water partition coefficient (Wildman–Crippen LogP) is 1.16. The second-order valence-corrected chi connectivity index (χ2v) is 3.44. The van der Waals surface area contributed by atoms with Crippen molar-refractivity contribution in [2.45, 2.75) is 13.0 Å². The van der Waals surface area contributed by atoms with Gasteiger partial charge in [0, 0.05) is 30.2 Å². The number of imidazole rings is 1. The van der Waals surface area contributed by atoms with Crippen molar-refractivity contribution >= 4 is 0 Å². The smallest absolute Gasteiger partial charge is 0.218 e. The quantitative estimate of drug-likeness (QED) is 0.811. The Morgan fingerprint density at radius 2 is 2.25 bits per heavy atom. The topological polar surface area (TPSA) is 80.5 Å². The molecule has 0 saturated heterocycles. The minimum Gasteiger partial charge on any atom is -0.324 e. The zero-order chi connectivity index (χ0) is 11.5.